The largest absolute Gasteiger partial charge is 0.497 e. The monoisotopic (exact) mass is 434 g/mol. The number of aromatic nitrogens is 1. The molecule has 2 aromatic carbocycles. The number of benzene rings is 2. The van der Waals surface area contributed by atoms with Crippen LogP contribution in [0.15, 0.2) is 52.4 Å². The van der Waals surface area contributed by atoms with Gasteiger partial charge in [0.1, 0.15) is 11.6 Å². The number of thioether (sulfide) groups is 1. The average Bonchev–Trinajstić information content (AvgIpc) is 3.05. The number of fused-ring (bicyclic) bond motifs is 1. The minimum absolute atomic E-state index is 0.168. The summed E-state index contributed by atoms with van der Waals surface area (Å²) < 4.78 is 26.5. The summed E-state index contributed by atoms with van der Waals surface area (Å²) in [4.78, 5) is 18.4. The van der Waals surface area contributed by atoms with Crippen LogP contribution in [0.2, 0.25) is 0 Å². The molecular formula is C21H23FN2O3S2. The molecule has 0 radical (unpaired) electrons. The Morgan fingerprint density at radius 2 is 2.00 bits per heavy atom. The van der Waals surface area contributed by atoms with E-state index in [0.717, 1.165) is 33.0 Å². The Kier molecular flexibility index (Phi) is 7.85. The number of nitrogens with zero attached hydrogens (tertiary/aromatic N) is 2. The smallest absolute Gasteiger partial charge is 0.248 e. The quantitative estimate of drug-likeness (QED) is 0.368. The van der Waals surface area contributed by atoms with Crippen molar-refractivity contribution < 1.29 is 18.7 Å². The molecule has 0 N–H and O–H groups in total. The van der Waals surface area contributed by atoms with E-state index in [2.05, 4.69) is 4.99 Å². The maximum Gasteiger partial charge on any atom is 0.248 e. The van der Waals surface area contributed by atoms with E-state index < -0.39 is 0 Å². The molecule has 0 fully saturated rings. The second-order valence-corrected chi connectivity index (χ2v) is 8.45. The van der Waals surface area contributed by atoms with Gasteiger partial charge >= 0.3 is 0 Å². The molecule has 0 spiro atoms. The highest BCUT2D eigenvalue weighted by molar-refractivity contribution is 7.99. The molecule has 8 heteroatoms. The summed E-state index contributed by atoms with van der Waals surface area (Å²) in [6.45, 7) is 1.05. The fourth-order valence-electron chi connectivity index (χ4n) is 2.78. The van der Waals surface area contributed by atoms with Crippen molar-refractivity contribution in [2.75, 3.05) is 26.6 Å². The normalized spacial score (nSPS) is 11.9. The summed E-state index contributed by atoms with van der Waals surface area (Å²) in [7, 11) is 3.26. The van der Waals surface area contributed by atoms with Gasteiger partial charge in [0.25, 0.3) is 0 Å². The number of carbonyl (C=O) groups excluding carboxylic acids is 1. The van der Waals surface area contributed by atoms with E-state index in [9.17, 15) is 9.18 Å². The Morgan fingerprint density at radius 3 is 2.72 bits per heavy atom. The van der Waals surface area contributed by atoms with Crippen LogP contribution in [0.5, 0.6) is 5.75 Å². The number of ether oxygens (including phenoxy) is 2. The number of thiazole rings is 1. The van der Waals surface area contributed by atoms with Crippen molar-refractivity contribution in [1.82, 2.24) is 4.57 Å². The first-order valence-electron chi connectivity index (χ1n) is 9.23. The molecule has 0 aliphatic heterocycles. The van der Waals surface area contributed by atoms with Gasteiger partial charge in [-0.1, -0.05) is 11.3 Å². The molecule has 0 atom stereocenters. The number of rotatable bonds is 9. The summed E-state index contributed by atoms with van der Waals surface area (Å²) in [5.41, 5.74) is 0.857. The molecule has 3 rings (SSSR count). The van der Waals surface area contributed by atoms with Crippen LogP contribution in [0.3, 0.4) is 0 Å². The first-order chi connectivity index (χ1) is 14.1. The molecule has 1 aromatic heterocycles. The van der Waals surface area contributed by atoms with Crippen LogP contribution >= 0.6 is 23.1 Å². The molecule has 0 aliphatic carbocycles. The standard InChI is InChI=1S/C21H23FN2O3S2/c1-26-12-11-24-18-10-5-15(22)14-19(18)29-21(24)23-20(25)4-3-13-28-17-8-6-16(27-2)7-9-17/h5-10,14H,3-4,11-13H2,1-2H3. The van der Waals surface area contributed by atoms with Crippen LogP contribution < -0.4 is 9.54 Å². The zero-order valence-electron chi connectivity index (χ0n) is 16.4. The predicted molar refractivity (Wildman–Crippen MR) is 115 cm³/mol. The number of hydrogen-bond acceptors (Lipinski definition) is 5. The third-order valence-electron chi connectivity index (χ3n) is 4.25. The highest BCUT2D eigenvalue weighted by Gasteiger charge is 2.09. The predicted octanol–water partition coefficient (Wildman–Crippen LogP) is 4.50. The fourth-order valence-corrected chi connectivity index (χ4v) is 4.73. The third-order valence-corrected chi connectivity index (χ3v) is 6.39. The summed E-state index contributed by atoms with van der Waals surface area (Å²) >= 11 is 3.02. The van der Waals surface area contributed by atoms with Gasteiger partial charge in [0.15, 0.2) is 4.80 Å². The molecule has 1 heterocycles. The van der Waals surface area contributed by atoms with E-state index in [4.69, 9.17) is 9.47 Å². The molecule has 5 nitrogen and oxygen atoms in total. The molecule has 154 valence electrons. The van der Waals surface area contributed by atoms with Gasteiger partial charge in [-0.3, -0.25) is 4.79 Å². The van der Waals surface area contributed by atoms with Gasteiger partial charge in [-0.2, -0.15) is 4.99 Å². The van der Waals surface area contributed by atoms with Gasteiger partial charge in [0, 0.05) is 25.0 Å². The van der Waals surface area contributed by atoms with Crippen molar-refractivity contribution in [2.45, 2.75) is 24.3 Å². The first-order valence-corrected chi connectivity index (χ1v) is 11.0. The molecule has 3 aromatic rings. The second-order valence-electron chi connectivity index (χ2n) is 6.27. The Morgan fingerprint density at radius 1 is 1.21 bits per heavy atom. The van der Waals surface area contributed by atoms with Crippen molar-refractivity contribution in [3.05, 3.63) is 53.1 Å². The molecule has 0 saturated carbocycles. The van der Waals surface area contributed by atoms with E-state index in [1.54, 1.807) is 32.0 Å². The zero-order valence-corrected chi connectivity index (χ0v) is 18.0. The summed E-state index contributed by atoms with van der Waals surface area (Å²) in [6, 6.07) is 12.5. The summed E-state index contributed by atoms with van der Waals surface area (Å²) in [5.74, 6) is 1.19. The van der Waals surface area contributed by atoms with Gasteiger partial charge in [-0.25, -0.2) is 4.39 Å². The van der Waals surface area contributed by atoms with Crippen LogP contribution in [0, 0.1) is 5.82 Å². The number of hydrogen-bond donors (Lipinski definition) is 0. The van der Waals surface area contributed by atoms with Crippen molar-refractivity contribution in [2.24, 2.45) is 4.99 Å². The Bertz CT molecular complexity index is 1030. The molecule has 0 bridgehead atoms. The van der Waals surface area contributed by atoms with Gasteiger partial charge in [0.2, 0.25) is 5.91 Å². The first kappa shape index (κ1) is 21.5. The molecule has 29 heavy (non-hydrogen) atoms. The summed E-state index contributed by atoms with van der Waals surface area (Å²) in [6.07, 6.45) is 1.10. The van der Waals surface area contributed by atoms with E-state index in [1.807, 2.05) is 28.8 Å². The van der Waals surface area contributed by atoms with Crippen molar-refractivity contribution >= 4 is 39.2 Å². The third kappa shape index (κ3) is 5.91. The lowest BCUT2D eigenvalue weighted by atomic mass is 10.3. The van der Waals surface area contributed by atoms with Crippen molar-refractivity contribution in [3.63, 3.8) is 0 Å². The lowest BCUT2D eigenvalue weighted by molar-refractivity contribution is -0.118. The van der Waals surface area contributed by atoms with Crippen LogP contribution in [0.1, 0.15) is 12.8 Å². The maximum absolute atomic E-state index is 13.5. The highest BCUT2D eigenvalue weighted by atomic mass is 32.2. The second kappa shape index (κ2) is 10.6. The Balaban J connectivity index is 1.63. The minimum Gasteiger partial charge on any atom is -0.497 e. The van der Waals surface area contributed by atoms with Gasteiger partial charge in [0.05, 0.1) is 23.9 Å². The van der Waals surface area contributed by atoms with E-state index in [0.29, 0.717) is 24.4 Å². The van der Waals surface area contributed by atoms with E-state index in [-0.39, 0.29) is 11.7 Å². The van der Waals surface area contributed by atoms with Crippen LogP contribution in [-0.4, -0.2) is 37.1 Å². The highest BCUT2D eigenvalue weighted by Crippen LogP contribution is 2.22. The SMILES string of the molecule is COCCn1c(=NC(=O)CCCSc2ccc(OC)cc2)sc2cc(F)ccc21. The molecule has 0 aliphatic rings. The number of amides is 1. The van der Waals surface area contributed by atoms with Crippen LogP contribution in [0.25, 0.3) is 10.2 Å². The van der Waals surface area contributed by atoms with E-state index in [1.165, 1.54) is 23.5 Å². The van der Waals surface area contributed by atoms with Crippen molar-refractivity contribution in [3.8, 4) is 5.75 Å². The maximum atomic E-state index is 13.5. The molecule has 0 unspecified atom stereocenters. The van der Waals surface area contributed by atoms with Gasteiger partial charge in [-0.15, -0.1) is 11.8 Å². The number of methoxy groups -OCH3 is 2. The lowest BCUT2D eigenvalue weighted by Crippen LogP contribution is -2.19. The minimum atomic E-state index is -0.300. The van der Waals surface area contributed by atoms with Gasteiger partial charge < -0.3 is 14.0 Å². The molecular weight excluding hydrogens is 411 g/mol. The number of halogens is 1. The molecule has 0 saturated heterocycles. The fraction of sp³-hybridized carbons (Fsp3) is 0.333. The van der Waals surface area contributed by atoms with E-state index >= 15 is 0 Å². The average molecular weight is 435 g/mol. The van der Waals surface area contributed by atoms with Crippen LogP contribution in [0.4, 0.5) is 4.39 Å². The van der Waals surface area contributed by atoms with Gasteiger partial charge in [-0.05, 0) is 54.6 Å². The van der Waals surface area contributed by atoms with Crippen LogP contribution in [-0.2, 0) is 16.1 Å². The summed E-state index contributed by atoms with van der Waals surface area (Å²) in [5, 5.41) is 0. The zero-order chi connectivity index (χ0) is 20.6. The van der Waals surface area contributed by atoms with Crippen molar-refractivity contribution in [1.29, 1.82) is 0 Å². The Hall–Kier alpha value is -2.16. The number of carbonyl (C=O) groups is 1. The Labute approximate surface area is 177 Å². The lowest BCUT2D eigenvalue weighted by Gasteiger charge is -2.04. The molecule has 1 amide bonds. The topological polar surface area (TPSA) is 52.8 Å².